The minimum absolute atomic E-state index is 0.291. The van der Waals surface area contributed by atoms with Crippen LogP contribution in [0.5, 0.6) is 11.5 Å². The van der Waals surface area contributed by atoms with Crippen LogP contribution >= 0.6 is 22.9 Å². The van der Waals surface area contributed by atoms with Gasteiger partial charge in [-0.1, -0.05) is 29.0 Å². The van der Waals surface area contributed by atoms with Crippen molar-refractivity contribution in [2.75, 3.05) is 27.4 Å². The smallest absolute Gasteiger partial charge is 0.287 e. The highest BCUT2D eigenvalue weighted by Gasteiger charge is 2.18. The molecular formula is C20H21ClN2O4S. The van der Waals surface area contributed by atoms with E-state index in [1.54, 1.807) is 18.2 Å². The molecule has 0 radical (unpaired) electrons. The zero-order valence-electron chi connectivity index (χ0n) is 15.9. The van der Waals surface area contributed by atoms with Gasteiger partial charge in [-0.15, -0.1) is 0 Å². The monoisotopic (exact) mass is 420 g/mol. The largest absolute Gasteiger partial charge is 0.496 e. The minimum Gasteiger partial charge on any atom is -0.496 e. The van der Waals surface area contributed by atoms with E-state index in [4.69, 9.17) is 25.8 Å². The molecule has 3 aromatic rings. The Kier molecular flexibility index (Phi) is 6.72. The van der Waals surface area contributed by atoms with Gasteiger partial charge in [0.2, 0.25) is 0 Å². The number of fused-ring (bicyclic) bond motifs is 1. The fourth-order valence-corrected chi connectivity index (χ4v) is 4.18. The molecule has 1 heterocycles. The van der Waals surface area contributed by atoms with Crippen LogP contribution in [0.25, 0.3) is 10.2 Å². The summed E-state index contributed by atoms with van der Waals surface area (Å²) in [5, 5.41) is 0.634. The number of carbonyl (C=O) groups is 1. The van der Waals surface area contributed by atoms with E-state index >= 15 is 0 Å². The first-order valence-corrected chi connectivity index (χ1v) is 9.95. The normalized spacial score (nSPS) is 11.8. The first-order valence-electron chi connectivity index (χ1n) is 8.75. The molecule has 0 saturated carbocycles. The fourth-order valence-electron chi connectivity index (χ4n) is 2.85. The molecule has 0 saturated heterocycles. The van der Waals surface area contributed by atoms with Gasteiger partial charge in [0, 0.05) is 18.2 Å². The van der Waals surface area contributed by atoms with Gasteiger partial charge < -0.3 is 18.8 Å². The summed E-state index contributed by atoms with van der Waals surface area (Å²) in [6.45, 7) is 3.66. The molecule has 148 valence electrons. The lowest BCUT2D eigenvalue weighted by Crippen LogP contribution is -2.20. The van der Waals surface area contributed by atoms with Crippen LogP contribution in [0, 0.1) is 0 Å². The topological polar surface area (TPSA) is 62.1 Å². The summed E-state index contributed by atoms with van der Waals surface area (Å²) in [6.07, 6.45) is 0. The van der Waals surface area contributed by atoms with E-state index in [2.05, 4.69) is 4.99 Å². The second kappa shape index (κ2) is 9.23. The van der Waals surface area contributed by atoms with Crippen LogP contribution in [0.1, 0.15) is 17.3 Å². The number of hydrogen-bond acceptors (Lipinski definition) is 5. The summed E-state index contributed by atoms with van der Waals surface area (Å²) in [4.78, 5) is 17.9. The Balaban J connectivity index is 2.13. The average molecular weight is 421 g/mol. The molecule has 0 bridgehead atoms. The second-order valence-electron chi connectivity index (χ2n) is 5.80. The van der Waals surface area contributed by atoms with E-state index in [1.807, 2.05) is 29.7 Å². The highest BCUT2D eigenvalue weighted by Crippen LogP contribution is 2.29. The highest BCUT2D eigenvalue weighted by atomic mass is 35.5. The molecule has 6 nitrogen and oxygen atoms in total. The molecule has 0 atom stereocenters. The van der Waals surface area contributed by atoms with E-state index in [0.717, 1.165) is 10.2 Å². The number of halogens is 1. The van der Waals surface area contributed by atoms with Crippen LogP contribution in [0.2, 0.25) is 5.02 Å². The third kappa shape index (κ3) is 4.22. The Labute approximate surface area is 171 Å². The number of benzene rings is 2. The molecule has 28 heavy (non-hydrogen) atoms. The van der Waals surface area contributed by atoms with Crippen molar-refractivity contribution in [2.45, 2.75) is 13.5 Å². The molecular weight excluding hydrogens is 400 g/mol. The molecule has 0 aliphatic carbocycles. The Morgan fingerprint density at radius 3 is 2.54 bits per heavy atom. The number of ether oxygens (including phenoxy) is 3. The summed E-state index contributed by atoms with van der Waals surface area (Å²) >= 11 is 7.53. The number of carbonyl (C=O) groups excluding carboxylic acids is 1. The number of nitrogens with zero attached hydrogens (tertiary/aromatic N) is 2. The van der Waals surface area contributed by atoms with E-state index in [-0.39, 0.29) is 0 Å². The van der Waals surface area contributed by atoms with Gasteiger partial charge in [-0.05, 0) is 37.3 Å². The molecule has 1 amide bonds. The Hall–Kier alpha value is -2.35. The molecule has 0 spiro atoms. The molecule has 8 heteroatoms. The quantitative estimate of drug-likeness (QED) is 0.538. The van der Waals surface area contributed by atoms with Crippen LogP contribution < -0.4 is 14.3 Å². The van der Waals surface area contributed by atoms with Crippen molar-refractivity contribution in [1.82, 2.24) is 4.57 Å². The van der Waals surface area contributed by atoms with Crippen LogP contribution in [-0.2, 0) is 11.3 Å². The van der Waals surface area contributed by atoms with Gasteiger partial charge in [-0.25, -0.2) is 0 Å². The molecule has 0 aliphatic heterocycles. The van der Waals surface area contributed by atoms with Crippen LogP contribution in [0.3, 0.4) is 0 Å². The van der Waals surface area contributed by atoms with Crippen molar-refractivity contribution in [3.05, 3.63) is 51.8 Å². The molecule has 0 fully saturated rings. The van der Waals surface area contributed by atoms with Crippen molar-refractivity contribution >= 4 is 39.1 Å². The Morgan fingerprint density at radius 1 is 1.18 bits per heavy atom. The first kappa shape index (κ1) is 20.4. The third-order valence-electron chi connectivity index (χ3n) is 4.15. The van der Waals surface area contributed by atoms with Gasteiger partial charge in [-0.3, -0.25) is 4.79 Å². The maximum absolute atomic E-state index is 13.0. The van der Waals surface area contributed by atoms with Gasteiger partial charge in [0.25, 0.3) is 5.91 Å². The fraction of sp³-hybridized carbons (Fsp3) is 0.300. The van der Waals surface area contributed by atoms with Gasteiger partial charge in [0.1, 0.15) is 17.1 Å². The van der Waals surface area contributed by atoms with Crippen LogP contribution in [-0.4, -0.2) is 37.9 Å². The van der Waals surface area contributed by atoms with Gasteiger partial charge >= 0.3 is 0 Å². The predicted octanol–water partition coefficient (Wildman–Crippen LogP) is 4.15. The van der Waals surface area contributed by atoms with E-state index in [1.165, 1.54) is 25.6 Å². The second-order valence-corrected chi connectivity index (χ2v) is 7.25. The van der Waals surface area contributed by atoms with Crippen molar-refractivity contribution in [1.29, 1.82) is 0 Å². The molecule has 3 rings (SSSR count). The maximum atomic E-state index is 13.0. The van der Waals surface area contributed by atoms with Crippen molar-refractivity contribution in [2.24, 2.45) is 4.99 Å². The SMILES string of the molecule is CCOCCn1c(=NC(=O)c2c(OC)cccc2OC)sc2cc(Cl)ccc21. The standard InChI is InChI=1S/C20H21ClN2O4S/c1-4-27-11-10-23-14-9-8-13(21)12-17(14)28-20(23)22-19(24)18-15(25-2)6-5-7-16(18)26-3/h5-9,12H,4,10-11H2,1-3H3. The summed E-state index contributed by atoms with van der Waals surface area (Å²) in [6, 6.07) is 10.8. The van der Waals surface area contributed by atoms with Crippen molar-refractivity contribution < 1.29 is 19.0 Å². The predicted molar refractivity (Wildman–Crippen MR) is 111 cm³/mol. The lowest BCUT2D eigenvalue weighted by Gasteiger charge is -2.10. The lowest BCUT2D eigenvalue weighted by atomic mass is 10.1. The molecule has 0 N–H and O–H groups in total. The summed E-state index contributed by atoms with van der Waals surface area (Å²) in [5.41, 5.74) is 1.24. The van der Waals surface area contributed by atoms with Crippen LogP contribution in [0.4, 0.5) is 0 Å². The lowest BCUT2D eigenvalue weighted by molar-refractivity contribution is 0.0990. The summed E-state index contributed by atoms with van der Waals surface area (Å²) in [7, 11) is 3.02. The van der Waals surface area contributed by atoms with Crippen molar-refractivity contribution in [3.8, 4) is 11.5 Å². The van der Waals surface area contributed by atoms with E-state index in [0.29, 0.717) is 46.6 Å². The number of thiazole rings is 1. The molecule has 0 unspecified atom stereocenters. The van der Waals surface area contributed by atoms with Gasteiger partial charge in [0.15, 0.2) is 4.80 Å². The van der Waals surface area contributed by atoms with Gasteiger partial charge in [-0.2, -0.15) is 4.99 Å². The van der Waals surface area contributed by atoms with E-state index in [9.17, 15) is 4.79 Å². The van der Waals surface area contributed by atoms with Gasteiger partial charge in [0.05, 0.1) is 31.0 Å². The number of hydrogen-bond donors (Lipinski definition) is 0. The number of amides is 1. The first-order chi connectivity index (χ1) is 13.6. The zero-order valence-corrected chi connectivity index (χ0v) is 17.5. The Morgan fingerprint density at radius 2 is 1.89 bits per heavy atom. The molecule has 2 aromatic carbocycles. The van der Waals surface area contributed by atoms with E-state index < -0.39 is 5.91 Å². The average Bonchev–Trinajstić information content (AvgIpc) is 3.03. The van der Waals surface area contributed by atoms with Crippen molar-refractivity contribution in [3.63, 3.8) is 0 Å². The summed E-state index contributed by atoms with van der Waals surface area (Å²) < 4.78 is 19.1. The van der Waals surface area contributed by atoms with Crippen LogP contribution in [0.15, 0.2) is 41.4 Å². The molecule has 1 aromatic heterocycles. The number of rotatable bonds is 7. The Bertz CT molecular complexity index is 1040. The number of aromatic nitrogens is 1. The molecule has 0 aliphatic rings. The minimum atomic E-state index is -0.433. The zero-order chi connectivity index (χ0) is 20.1. The summed E-state index contributed by atoms with van der Waals surface area (Å²) in [5.74, 6) is 0.397. The highest BCUT2D eigenvalue weighted by molar-refractivity contribution is 7.16. The number of methoxy groups -OCH3 is 2. The third-order valence-corrected chi connectivity index (χ3v) is 5.42. The maximum Gasteiger partial charge on any atom is 0.287 e.